The summed E-state index contributed by atoms with van der Waals surface area (Å²) in [4.78, 5) is 0. The Morgan fingerprint density at radius 3 is 2.82 bits per heavy atom. The van der Waals surface area contributed by atoms with Gasteiger partial charge in [0.05, 0.1) is 0 Å². The molecule has 17 heavy (non-hydrogen) atoms. The number of fused-ring (bicyclic) bond motifs is 4. The first-order chi connectivity index (χ1) is 8.12. The standard InChI is InChI=1S/C16H22O/c1-11(2)16-9-8-12(3)14(10-16)13-6-4-5-7-15(13)17-16/h4-7,11-12,14H,8-10H2,1-3H3/t12-,14+,16+/m1/s1. The van der Waals surface area contributed by atoms with Crippen molar-refractivity contribution in [3.63, 3.8) is 0 Å². The minimum absolute atomic E-state index is 0.103. The molecule has 0 unspecified atom stereocenters. The largest absolute Gasteiger partial charge is 0.487 e. The van der Waals surface area contributed by atoms with Gasteiger partial charge in [-0.3, -0.25) is 0 Å². The van der Waals surface area contributed by atoms with Gasteiger partial charge in [-0.05, 0) is 48.6 Å². The number of ether oxygens (including phenoxy) is 1. The van der Waals surface area contributed by atoms with Crippen molar-refractivity contribution in [2.45, 2.75) is 51.6 Å². The van der Waals surface area contributed by atoms with Gasteiger partial charge in [0.25, 0.3) is 0 Å². The van der Waals surface area contributed by atoms with Crippen LogP contribution < -0.4 is 4.74 Å². The summed E-state index contributed by atoms with van der Waals surface area (Å²) in [7, 11) is 0. The average Bonchev–Trinajstić information content (AvgIpc) is 2.34. The van der Waals surface area contributed by atoms with E-state index >= 15 is 0 Å². The highest BCUT2D eigenvalue weighted by molar-refractivity contribution is 5.40. The molecule has 0 spiro atoms. The van der Waals surface area contributed by atoms with E-state index in [1.54, 1.807) is 0 Å². The monoisotopic (exact) mass is 230 g/mol. The second-order valence-electron chi connectivity index (χ2n) is 6.19. The van der Waals surface area contributed by atoms with E-state index in [4.69, 9.17) is 4.74 Å². The zero-order valence-corrected chi connectivity index (χ0v) is 11.1. The van der Waals surface area contributed by atoms with Gasteiger partial charge in [0.1, 0.15) is 11.4 Å². The molecule has 3 atom stereocenters. The third-order valence-electron chi connectivity index (χ3n) is 4.96. The SMILES string of the molecule is CC(C)[C@]12CC[C@@H](C)[C@H](C1)c1ccccc1O2. The molecule has 3 rings (SSSR count). The molecule has 0 aromatic heterocycles. The zero-order chi connectivity index (χ0) is 12.0. The van der Waals surface area contributed by atoms with Crippen LogP contribution in [-0.4, -0.2) is 5.60 Å². The molecule has 0 N–H and O–H groups in total. The maximum absolute atomic E-state index is 6.40. The molecule has 1 aromatic carbocycles. The van der Waals surface area contributed by atoms with Gasteiger partial charge >= 0.3 is 0 Å². The summed E-state index contributed by atoms with van der Waals surface area (Å²) < 4.78 is 6.40. The van der Waals surface area contributed by atoms with Crippen molar-refractivity contribution in [1.29, 1.82) is 0 Å². The number of hydrogen-bond acceptors (Lipinski definition) is 1. The van der Waals surface area contributed by atoms with Crippen LogP contribution in [0.5, 0.6) is 5.75 Å². The molecule has 1 aliphatic heterocycles. The van der Waals surface area contributed by atoms with E-state index in [-0.39, 0.29) is 5.60 Å². The summed E-state index contributed by atoms with van der Waals surface area (Å²) in [6.07, 6.45) is 3.73. The quantitative estimate of drug-likeness (QED) is 0.695. The van der Waals surface area contributed by atoms with Crippen molar-refractivity contribution in [3.05, 3.63) is 29.8 Å². The number of benzene rings is 1. The van der Waals surface area contributed by atoms with Crippen LogP contribution in [0.2, 0.25) is 0 Å². The highest BCUT2D eigenvalue weighted by atomic mass is 16.5. The van der Waals surface area contributed by atoms with E-state index in [9.17, 15) is 0 Å². The molecule has 1 saturated carbocycles. The summed E-state index contributed by atoms with van der Waals surface area (Å²) in [5, 5.41) is 0. The molecule has 1 heteroatoms. The van der Waals surface area contributed by atoms with E-state index in [0.29, 0.717) is 11.8 Å². The Labute approximate surface area is 104 Å². The van der Waals surface area contributed by atoms with E-state index in [1.165, 1.54) is 24.8 Å². The van der Waals surface area contributed by atoms with Gasteiger partial charge in [0, 0.05) is 0 Å². The van der Waals surface area contributed by atoms with Crippen LogP contribution in [0, 0.1) is 11.8 Å². The minimum Gasteiger partial charge on any atom is -0.487 e. The average molecular weight is 230 g/mol. The third kappa shape index (κ3) is 1.59. The van der Waals surface area contributed by atoms with Gasteiger partial charge in [0.2, 0.25) is 0 Å². The molecule has 1 aliphatic carbocycles. The lowest BCUT2D eigenvalue weighted by Crippen LogP contribution is -2.49. The fourth-order valence-electron chi connectivity index (χ4n) is 3.60. The first kappa shape index (κ1) is 11.1. The van der Waals surface area contributed by atoms with Gasteiger partial charge in [-0.2, -0.15) is 0 Å². The van der Waals surface area contributed by atoms with Crippen LogP contribution in [-0.2, 0) is 0 Å². The van der Waals surface area contributed by atoms with Crippen molar-refractivity contribution < 1.29 is 4.74 Å². The summed E-state index contributed by atoms with van der Waals surface area (Å²) in [5.74, 6) is 3.25. The zero-order valence-electron chi connectivity index (χ0n) is 11.1. The van der Waals surface area contributed by atoms with Crippen LogP contribution in [0.1, 0.15) is 51.5 Å². The fraction of sp³-hybridized carbons (Fsp3) is 0.625. The predicted octanol–water partition coefficient (Wildman–Crippen LogP) is 4.38. The first-order valence-electron chi connectivity index (χ1n) is 6.90. The first-order valence-corrected chi connectivity index (χ1v) is 6.90. The van der Waals surface area contributed by atoms with Crippen molar-refractivity contribution in [1.82, 2.24) is 0 Å². The van der Waals surface area contributed by atoms with Crippen molar-refractivity contribution in [2.75, 3.05) is 0 Å². The lowest BCUT2D eigenvalue weighted by Gasteiger charge is -2.50. The van der Waals surface area contributed by atoms with Crippen LogP contribution in [0.25, 0.3) is 0 Å². The molecule has 0 saturated heterocycles. The van der Waals surface area contributed by atoms with E-state index in [2.05, 4.69) is 45.0 Å². The molecule has 1 nitrogen and oxygen atoms in total. The molecule has 1 fully saturated rings. The molecule has 1 heterocycles. The Hall–Kier alpha value is -0.980. The fourth-order valence-corrected chi connectivity index (χ4v) is 3.60. The van der Waals surface area contributed by atoms with Crippen molar-refractivity contribution in [2.24, 2.45) is 11.8 Å². The van der Waals surface area contributed by atoms with Gasteiger partial charge in [-0.1, -0.05) is 39.0 Å². The molecule has 0 radical (unpaired) electrons. The van der Waals surface area contributed by atoms with Crippen LogP contribution in [0.3, 0.4) is 0 Å². The van der Waals surface area contributed by atoms with Gasteiger partial charge < -0.3 is 4.74 Å². The molecule has 0 amide bonds. The maximum atomic E-state index is 6.40. The Kier molecular flexibility index (Phi) is 2.46. The van der Waals surface area contributed by atoms with Crippen LogP contribution in [0.15, 0.2) is 24.3 Å². The third-order valence-corrected chi connectivity index (χ3v) is 4.96. The number of para-hydroxylation sites is 1. The Balaban J connectivity index is 2.08. The Morgan fingerprint density at radius 2 is 2.06 bits per heavy atom. The summed E-state index contributed by atoms with van der Waals surface area (Å²) in [6.45, 7) is 7.01. The van der Waals surface area contributed by atoms with Crippen LogP contribution >= 0.6 is 0 Å². The molecular formula is C16H22O. The normalized spacial score (nSPS) is 35.3. The summed E-state index contributed by atoms with van der Waals surface area (Å²) >= 11 is 0. The van der Waals surface area contributed by atoms with Gasteiger partial charge in [0.15, 0.2) is 0 Å². The maximum Gasteiger partial charge on any atom is 0.123 e. The predicted molar refractivity (Wildman–Crippen MR) is 70.4 cm³/mol. The number of rotatable bonds is 1. The Bertz CT molecular complexity index is 423. The van der Waals surface area contributed by atoms with Gasteiger partial charge in [-0.15, -0.1) is 0 Å². The molecule has 92 valence electrons. The highest BCUT2D eigenvalue weighted by Gasteiger charge is 2.47. The van der Waals surface area contributed by atoms with Crippen molar-refractivity contribution in [3.8, 4) is 5.75 Å². The molecule has 2 bridgehead atoms. The summed E-state index contributed by atoms with van der Waals surface area (Å²) in [6, 6.07) is 8.65. The van der Waals surface area contributed by atoms with E-state index in [1.807, 2.05) is 0 Å². The topological polar surface area (TPSA) is 9.23 Å². The van der Waals surface area contributed by atoms with E-state index in [0.717, 1.165) is 11.7 Å². The van der Waals surface area contributed by atoms with Crippen molar-refractivity contribution >= 4 is 0 Å². The molecular weight excluding hydrogens is 208 g/mol. The van der Waals surface area contributed by atoms with Crippen LogP contribution in [0.4, 0.5) is 0 Å². The Morgan fingerprint density at radius 1 is 1.29 bits per heavy atom. The second-order valence-corrected chi connectivity index (χ2v) is 6.19. The minimum atomic E-state index is 0.103. The van der Waals surface area contributed by atoms with E-state index < -0.39 is 0 Å². The molecule has 2 aliphatic rings. The summed E-state index contributed by atoms with van der Waals surface area (Å²) in [5.41, 5.74) is 1.54. The highest BCUT2D eigenvalue weighted by Crippen LogP contribution is 2.53. The van der Waals surface area contributed by atoms with Gasteiger partial charge in [-0.25, -0.2) is 0 Å². The second kappa shape index (κ2) is 3.76. The molecule has 1 aromatic rings. The lowest BCUT2D eigenvalue weighted by atomic mass is 9.64. The smallest absolute Gasteiger partial charge is 0.123 e. The number of hydrogen-bond donors (Lipinski definition) is 0. The lowest BCUT2D eigenvalue weighted by molar-refractivity contribution is -0.0472.